The number of nitrogens with one attached hydrogen (secondary N) is 2. The molecule has 0 unspecified atom stereocenters. The molecule has 10 heteroatoms. The molecule has 28 heavy (non-hydrogen) atoms. The second kappa shape index (κ2) is 12.2. The van der Waals surface area contributed by atoms with E-state index < -0.39 is 0 Å². The van der Waals surface area contributed by atoms with Crippen LogP contribution in [0.4, 0.5) is 0 Å². The SMILES string of the molecule is CN=C(NCCc1nc(C(C)C)no1)N1CCN(CC(=O)NC(C)C)CC1.I. The van der Waals surface area contributed by atoms with Crippen molar-refractivity contribution in [2.75, 3.05) is 46.3 Å². The van der Waals surface area contributed by atoms with E-state index in [0.29, 0.717) is 25.4 Å². The average molecular weight is 507 g/mol. The lowest BCUT2D eigenvalue weighted by Gasteiger charge is -2.36. The summed E-state index contributed by atoms with van der Waals surface area (Å²) in [7, 11) is 1.79. The molecule has 0 saturated carbocycles. The van der Waals surface area contributed by atoms with Crippen LogP contribution >= 0.6 is 24.0 Å². The van der Waals surface area contributed by atoms with Crippen LogP contribution in [0.1, 0.15) is 45.3 Å². The highest BCUT2D eigenvalue weighted by molar-refractivity contribution is 14.0. The summed E-state index contributed by atoms with van der Waals surface area (Å²) in [5, 5.41) is 10.3. The Labute approximate surface area is 184 Å². The fourth-order valence-electron chi connectivity index (χ4n) is 2.91. The van der Waals surface area contributed by atoms with Gasteiger partial charge in [0.2, 0.25) is 11.8 Å². The standard InChI is InChI=1S/C18H33N7O2.HI/c1-13(2)17-22-16(27-23-17)6-7-20-18(19-5)25-10-8-24(9-11-25)12-15(26)21-14(3)4;/h13-14H,6-12H2,1-5H3,(H,19,20)(H,21,26);1H. The Kier molecular flexibility index (Phi) is 10.7. The van der Waals surface area contributed by atoms with Gasteiger partial charge < -0.3 is 20.1 Å². The zero-order valence-electron chi connectivity index (χ0n) is 17.6. The Morgan fingerprint density at radius 2 is 1.89 bits per heavy atom. The van der Waals surface area contributed by atoms with E-state index in [1.165, 1.54) is 0 Å². The van der Waals surface area contributed by atoms with E-state index in [0.717, 1.165) is 38.0 Å². The molecule has 0 atom stereocenters. The summed E-state index contributed by atoms with van der Waals surface area (Å²) in [6.07, 6.45) is 0.661. The van der Waals surface area contributed by atoms with Crippen LogP contribution in [0.25, 0.3) is 0 Å². The number of aromatic nitrogens is 2. The minimum Gasteiger partial charge on any atom is -0.356 e. The monoisotopic (exact) mass is 507 g/mol. The van der Waals surface area contributed by atoms with Gasteiger partial charge in [-0.3, -0.25) is 14.7 Å². The Balaban J connectivity index is 0.00000392. The van der Waals surface area contributed by atoms with Gasteiger partial charge in [0.15, 0.2) is 11.8 Å². The van der Waals surface area contributed by atoms with Crippen molar-refractivity contribution in [2.24, 2.45) is 4.99 Å². The van der Waals surface area contributed by atoms with Crippen molar-refractivity contribution in [1.29, 1.82) is 0 Å². The maximum absolute atomic E-state index is 11.9. The number of guanidine groups is 1. The number of carbonyl (C=O) groups is 1. The number of nitrogens with zero attached hydrogens (tertiary/aromatic N) is 5. The lowest BCUT2D eigenvalue weighted by atomic mass is 10.2. The molecule has 2 heterocycles. The highest BCUT2D eigenvalue weighted by Gasteiger charge is 2.21. The minimum absolute atomic E-state index is 0. The Morgan fingerprint density at radius 3 is 2.43 bits per heavy atom. The number of piperazine rings is 1. The third kappa shape index (κ3) is 7.90. The van der Waals surface area contributed by atoms with Gasteiger partial charge in [-0.2, -0.15) is 4.98 Å². The van der Waals surface area contributed by atoms with Crippen LogP contribution in [0.5, 0.6) is 0 Å². The molecule has 2 N–H and O–H groups in total. The van der Waals surface area contributed by atoms with Crippen molar-refractivity contribution in [3.8, 4) is 0 Å². The zero-order chi connectivity index (χ0) is 19.8. The van der Waals surface area contributed by atoms with Crippen LogP contribution in [0, 0.1) is 0 Å². The molecule has 0 aliphatic carbocycles. The van der Waals surface area contributed by atoms with E-state index in [9.17, 15) is 4.79 Å². The Morgan fingerprint density at radius 1 is 1.21 bits per heavy atom. The first-order valence-electron chi connectivity index (χ1n) is 9.68. The van der Waals surface area contributed by atoms with Gasteiger partial charge in [-0.1, -0.05) is 19.0 Å². The van der Waals surface area contributed by atoms with E-state index >= 15 is 0 Å². The molecule has 0 radical (unpaired) electrons. The topological polar surface area (TPSA) is 98.9 Å². The van der Waals surface area contributed by atoms with Crippen LogP contribution in [-0.2, 0) is 11.2 Å². The average Bonchev–Trinajstić information content (AvgIpc) is 3.08. The number of hydrogen-bond acceptors (Lipinski definition) is 6. The van der Waals surface area contributed by atoms with Crippen LogP contribution in [0.15, 0.2) is 9.52 Å². The summed E-state index contributed by atoms with van der Waals surface area (Å²) in [5.74, 6) is 2.60. The minimum atomic E-state index is 0. The van der Waals surface area contributed by atoms with E-state index in [4.69, 9.17) is 4.52 Å². The number of aliphatic imine (C=N–C) groups is 1. The quantitative estimate of drug-likeness (QED) is 0.324. The van der Waals surface area contributed by atoms with Gasteiger partial charge in [-0.15, -0.1) is 24.0 Å². The lowest BCUT2D eigenvalue weighted by Crippen LogP contribution is -2.54. The van der Waals surface area contributed by atoms with Crippen LogP contribution in [-0.4, -0.2) is 84.2 Å². The van der Waals surface area contributed by atoms with Gasteiger partial charge in [0.1, 0.15) is 0 Å². The van der Waals surface area contributed by atoms with E-state index in [1.54, 1.807) is 7.05 Å². The highest BCUT2D eigenvalue weighted by Crippen LogP contribution is 2.09. The second-order valence-electron chi connectivity index (χ2n) is 7.41. The van der Waals surface area contributed by atoms with Crippen LogP contribution in [0.2, 0.25) is 0 Å². The third-order valence-corrected chi connectivity index (χ3v) is 4.32. The Bertz CT molecular complexity index is 625. The maximum Gasteiger partial charge on any atom is 0.234 e. The van der Waals surface area contributed by atoms with Crippen molar-refractivity contribution in [1.82, 2.24) is 30.6 Å². The first kappa shape index (κ1) is 24.6. The summed E-state index contributed by atoms with van der Waals surface area (Å²) < 4.78 is 5.27. The normalized spacial score (nSPS) is 15.7. The number of amides is 1. The number of rotatable bonds is 7. The summed E-state index contributed by atoms with van der Waals surface area (Å²) in [5.41, 5.74) is 0. The molecule has 0 spiro atoms. The van der Waals surface area contributed by atoms with E-state index in [1.807, 2.05) is 27.7 Å². The fraction of sp³-hybridized carbons (Fsp3) is 0.778. The summed E-state index contributed by atoms with van der Waals surface area (Å²) in [6.45, 7) is 12.5. The molecule has 1 aliphatic heterocycles. The zero-order valence-corrected chi connectivity index (χ0v) is 19.9. The Hall–Kier alpha value is -1.43. The molecule has 1 saturated heterocycles. The maximum atomic E-state index is 11.9. The highest BCUT2D eigenvalue weighted by atomic mass is 127. The van der Waals surface area contributed by atoms with Gasteiger partial charge in [0.25, 0.3) is 0 Å². The third-order valence-electron chi connectivity index (χ3n) is 4.32. The molecule has 0 aromatic carbocycles. The molecule has 1 fully saturated rings. The summed E-state index contributed by atoms with van der Waals surface area (Å²) >= 11 is 0. The first-order valence-corrected chi connectivity index (χ1v) is 9.68. The first-order chi connectivity index (χ1) is 12.9. The van der Waals surface area contributed by atoms with Crippen molar-refractivity contribution < 1.29 is 9.32 Å². The van der Waals surface area contributed by atoms with Crippen molar-refractivity contribution in [3.63, 3.8) is 0 Å². The van der Waals surface area contributed by atoms with Gasteiger partial charge >= 0.3 is 0 Å². The van der Waals surface area contributed by atoms with E-state index in [2.05, 4.69) is 35.6 Å². The summed E-state index contributed by atoms with van der Waals surface area (Å²) in [6, 6.07) is 0.178. The van der Waals surface area contributed by atoms with Gasteiger partial charge in [-0.05, 0) is 13.8 Å². The molecular weight excluding hydrogens is 473 g/mol. The van der Waals surface area contributed by atoms with Gasteiger partial charge in [-0.25, -0.2) is 0 Å². The second-order valence-corrected chi connectivity index (χ2v) is 7.41. The van der Waals surface area contributed by atoms with Crippen molar-refractivity contribution in [2.45, 2.75) is 46.1 Å². The molecule has 160 valence electrons. The number of hydrogen-bond donors (Lipinski definition) is 2. The smallest absolute Gasteiger partial charge is 0.234 e. The number of carbonyl (C=O) groups excluding carboxylic acids is 1. The lowest BCUT2D eigenvalue weighted by molar-refractivity contribution is -0.123. The molecule has 2 rings (SSSR count). The predicted octanol–water partition coefficient (Wildman–Crippen LogP) is 1.07. The number of halogens is 1. The molecule has 0 bridgehead atoms. The molecule has 1 amide bonds. The predicted molar refractivity (Wildman–Crippen MR) is 120 cm³/mol. The molecule has 1 aromatic rings. The van der Waals surface area contributed by atoms with Crippen molar-refractivity contribution >= 4 is 35.8 Å². The van der Waals surface area contributed by atoms with Crippen LogP contribution < -0.4 is 10.6 Å². The van der Waals surface area contributed by atoms with Crippen LogP contribution in [0.3, 0.4) is 0 Å². The largest absolute Gasteiger partial charge is 0.356 e. The molecule has 1 aromatic heterocycles. The molecule has 1 aliphatic rings. The fourth-order valence-corrected chi connectivity index (χ4v) is 2.91. The van der Waals surface area contributed by atoms with Gasteiger partial charge in [0.05, 0.1) is 6.54 Å². The van der Waals surface area contributed by atoms with Gasteiger partial charge in [0, 0.05) is 58.2 Å². The van der Waals surface area contributed by atoms with Crippen molar-refractivity contribution in [3.05, 3.63) is 11.7 Å². The molecular formula is C18H34IN7O2. The molecule has 9 nitrogen and oxygen atoms in total. The van der Waals surface area contributed by atoms with E-state index in [-0.39, 0.29) is 41.8 Å². The summed E-state index contributed by atoms with van der Waals surface area (Å²) in [4.78, 5) is 25.0.